The molecule has 0 radical (unpaired) electrons. The zero-order valence-electron chi connectivity index (χ0n) is 17.1. The third-order valence-corrected chi connectivity index (χ3v) is 6.08. The number of halogens is 1. The summed E-state index contributed by atoms with van der Waals surface area (Å²) >= 11 is 5.75. The van der Waals surface area contributed by atoms with E-state index in [-0.39, 0.29) is 17.9 Å². The van der Waals surface area contributed by atoms with Gasteiger partial charge in [0.15, 0.2) is 5.11 Å². The summed E-state index contributed by atoms with van der Waals surface area (Å²) in [5.41, 5.74) is 6.05. The number of nitrogens with one attached hydrogen (secondary N) is 1. The largest absolute Gasteiger partial charge is 0.351 e. The molecule has 4 rings (SSSR count). The molecule has 6 heteroatoms. The molecule has 0 amide bonds. The predicted octanol–water partition coefficient (Wildman–Crippen LogP) is 5.14. The van der Waals surface area contributed by atoms with Gasteiger partial charge in [0.25, 0.3) is 0 Å². The molecule has 3 heterocycles. The summed E-state index contributed by atoms with van der Waals surface area (Å²) in [5, 5.41) is 4.09. The normalized spacial score (nSPS) is 18.9. The Hall–Kier alpha value is -2.73. The van der Waals surface area contributed by atoms with Crippen molar-refractivity contribution in [2.75, 3.05) is 4.90 Å². The van der Waals surface area contributed by atoms with Gasteiger partial charge in [0.1, 0.15) is 5.82 Å². The van der Waals surface area contributed by atoms with E-state index in [4.69, 9.17) is 12.2 Å². The van der Waals surface area contributed by atoms with Crippen molar-refractivity contribution in [3.63, 3.8) is 0 Å². The van der Waals surface area contributed by atoms with Gasteiger partial charge in [0, 0.05) is 29.8 Å². The molecule has 3 aromatic rings. The van der Waals surface area contributed by atoms with Gasteiger partial charge in [-0.1, -0.05) is 6.07 Å². The van der Waals surface area contributed by atoms with Crippen molar-refractivity contribution in [3.05, 3.63) is 82.7 Å². The van der Waals surface area contributed by atoms with E-state index in [9.17, 15) is 4.39 Å². The van der Waals surface area contributed by atoms with E-state index in [1.54, 1.807) is 19.2 Å². The van der Waals surface area contributed by atoms with Gasteiger partial charge >= 0.3 is 0 Å². The molecule has 0 bridgehead atoms. The Morgan fingerprint density at radius 1 is 1.14 bits per heavy atom. The first-order valence-electron chi connectivity index (χ1n) is 9.85. The van der Waals surface area contributed by atoms with Crippen molar-refractivity contribution in [2.45, 2.75) is 46.3 Å². The molecule has 150 valence electrons. The zero-order valence-corrected chi connectivity index (χ0v) is 17.9. The number of hydrogen-bond acceptors (Lipinski definition) is 2. The third-order valence-electron chi connectivity index (χ3n) is 5.77. The van der Waals surface area contributed by atoms with Gasteiger partial charge in [0.2, 0.25) is 0 Å². The van der Waals surface area contributed by atoms with Crippen LogP contribution in [0.15, 0.2) is 48.7 Å². The minimum Gasteiger partial charge on any atom is -0.351 e. The van der Waals surface area contributed by atoms with Crippen LogP contribution in [-0.2, 0) is 6.54 Å². The molecular formula is C23H25FN4S. The van der Waals surface area contributed by atoms with E-state index in [1.165, 1.54) is 23.0 Å². The first kappa shape index (κ1) is 19.6. The Kier molecular flexibility index (Phi) is 5.13. The van der Waals surface area contributed by atoms with Crippen molar-refractivity contribution >= 4 is 23.0 Å². The first-order valence-corrected chi connectivity index (χ1v) is 10.3. The molecule has 0 unspecified atom stereocenters. The number of aryl methyl sites for hydroxylation is 2. The molecule has 1 N–H and O–H groups in total. The maximum Gasteiger partial charge on any atom is 0.174 e. The second-order valence-electron chi connectivity index (χ2n) is 7.50. The van der Waals surface area contributed by atoms with Crippen LogP contribution in [0.2, 0.25) is 0 Å². The average Bonchev–Trinajstić information content (AvgIpc) is 3.20. The van der Waals surface area contributed by atoms with Gasteiger partial charge in [-0.15, -0.1) is 0 Å². The number of rotatable bonds is 4. The van der Waals surface area contributed by atoms with Crippen molar-refractivity contribution in [2.24, 2.45) is 0 Å². The molecule has 0 spiro atoms. The van der Waals surface area contributed by atoms with E-state index in [1.807, 2.05) is 24.3 Å². The highest BCUT2D eigenvalue weighted by molar-refractivity contribution is 7.80. The fourth-order valence-corrected chi connectivity index (χ4v) is 4.69. The monoisotopic (exact) mass is 408 g/mol. The topological polar surface area (TPSA) is 33.1 Å². The van der Waals surface area contributed by atoms with Crippen LogP contribution >= 0.6 is 12.2 Å². The van der Waals surface area contributed by atoms with Crippen LogP contribution in [0.25, 0.3) is 0 Å². The number of hydrogen-bond donors (Lipinski definition) is 1. The van der Waals surface area contributed by atoms with Crippen LogP contribution in [0.5, 0.6) is 0 Å². The van der Waals surface area contributed by atoms with E-state index in [2.05, 4.69) is 46.6 Å². The number of nitrogens with zero attached hydrogens (tertiary/aromatic N) is 3. The molecule has 0 saturated carbocycles. The lowest BCUT2D eigenvalue weighted by Crippen LogP contribution is -2.29. The van der Waals surface area contributed by atoms with Crippen LogP contribution in [0, 0.1) is 26.6 Å². The van der Waals surface area contributed by atoms with Crippen LogP contribution in [-0.4, -0.2) is 14.7 Å². The fraction of sp³-hybridized carbons (Fsp3) is 0.304. The lowest BCUT2D eigenvalue weighted by Gasteiger charge is -2.28. The van der Waals surface area contributed by atoms with Gasteiger partial charge in [-0.25, -0.2) is 4.39 Å². The predicted molar refractivity (Wildman–Crippen MR) is 119 cm³/mol. The highest BCUT2D eigenvalue weighted by Gasteiger charge is 2.42. The summed E-state index contributed by atoms with van der Waals surface area (Å²) < 4.78 is 16.2. The molecule has 1 saturated heterocycles. The highest BCUT2D eigenvalue weighted by atomic mass is 32.1. The number of benzene rings is 1. The van der Waals surface area contributed by atoms with E-state index < -0.39 is 0 Å². The second-order valence-corrected chi connectivity index (χ2v) is 7.89. The second kappa shape index (κ2) is 7.59. The maximum atomic E-state index is 13.9. The number of aromatic nitrogens is 2. The SMILES string of the molecule is CCn1c(C)cc([C@H]2[C@@H](c3ccccn3)NC(=S)N2c2ccc(F)c(C)c2)c1C. The summed E-state index contributed by atoms with van der Waals surface area (Å²) in [6.45, 7) is 9.12. The molecule has 1 aromatic carbocycles. The maximum absolute atomic E-state index is 13.9. The third kappa shape index (κ3) is 3.31. The fourth-order valence-electron chi connectivity index (χ4n) is 4.34. The molecule has 2 aromatic heterocycles. The van der Waals surface area contributed by atoms with E-state index >= 15 is 0 Å². The minimum atomic E-state index is -0.214. The number of pyridine rings is 1. The van der Waals surface area contributed by atoms with Gasteiger partial charge in [-0.05, 0) is 87.4 Å². The Bertz CT molecular complexity index is 1060. The average molecular weight is 409 g/mol. The van der Waals surface area contributed by atoms with Gasteiger partial charge in [-0.2, -0.15) is 0 Å². The van der Waals surface area contributed by atoms with Crippen LogP contribution < -0.4 is 10.2 Å². The van der Waals surface area contributed by atoms with Gasteiger partial charge < -0.3 is 14.8 Å². The number of anilines is 1. The summed E-state index contributed by atoms with van der Waals surface area (Å²) in [4.78, 5) is 6.69. The summed E-state index contributed by atoms with van der Waals surface area (Å²) in [6, 6.07) is 13.1. The zero-order chi connectivity index (χ0) is 20.7. The molecule has 4 nitrogen and oxygen atoms in total. The lowest BCUT2D eigenvalue weighted by molar-refractivity contribution is 0.562. The number of thiocarbonyl (C=S) groups is 1. The summed E-state index contributed by atoms with van der Waals surface area (Å²) in [7, 11) is 0. The van der Waals surface area contributed by atoms with Gasteiger partial charge in [-0.3, -0.25) is 4.98 Å². The standard InChI is InChI=1S/C23H25FN4S/c1-5-27-15(3)13-18(16(27)4)22-21(20-8-6-7-11-25-20)26-23(29)28(22)17-9-10-19(24)14(2)12-17/h6-13,21-22H,5H2,1-4H3,(H,26,29)/t21-,22+/m1/s1. The molecule has 1 aliphatic rings. The van der Waals surface area contributed by atoms with Gasteiger partial charge in [0.05, 0.1) is 17.8 Å². The molecular weight excluding hydrogens is 383 g/mol. The molecule has 1 fully saturated rings. The summed E-state index contributed by atoms with van der Waals surface area (Å²) in [6.07, 6.45) is 1.80. The lowest BCUT2D eigenvalue weighted by atomic mass is 9.96. The quantitative estimate of drug-likeness (QED) is 0.606. The molecule has 29 heavy (non-hydrogen) atoms. The van der Waals surface area contributed by atoms with Crippen LogP contribution in [0.4, 0.5) is 10.1 Å². The smallest absolute Gasteiger partial charge is 0.174 e. The Balaban J connectivity index is 1.89. The highest BCUT2D eigenvalue weighted by Crippen LogP contribution is 2.43. The summed E-state index contributed by atoms with van der Waals surface area (Å²) in [5.74, 6) is -0.214. The van der Waals surface area contributed by atoms with Crippen molar-refractivity contribution in [1.29, 1.82) is 0 Å². The van der Waals surface area contributed by atoms with Crippen molar-refractivity contribution in [3.8, 4) is 0 Å². The molecule has 2 atom stereocenters. The molecule has 1 aliphatic heterocycles. The van der Waals surface area contributed by atoms with E-state index in [0.29, 0.717) is 10.7 Å². The molecule has 0 aliphatic carbocycles. The van der Waals surface area contributed by atoms with Crippen LogP contribution in [0.1, 0.15) is 47.2 Å². The first-order chi connectivity index (χ1) is 13.9. The van der Waals surface area contributed by atoms with Crippen molar-refractivity contribution < 1.29 is 4.39 Å². The Morgan fingerprint density at radius 2 is 1.93 bits per heavy atom. The minimum absolute atomic E-state index is 0.0752. The van der Waals surface area contributed by atoms with E-state index in [0.717, 1.165) is 17.9 Å². The van der Waals surface area contributed by atoms with Crippen molar-refractivity contribution in [1.82, 2.24) is 14.9 Å². The van der Waals surface area contributed by atoms with Crippen LogP contribution in [0.3, 0.4) is 0 Å². The Morgan fingerprint density at radius 3 is 2.55 bits per heavy atom. The Labute approximate surface area is 176 Å².